The van der Waals surface area contributed by atoms with Crippen LogP contribution in [0.4, 0.5) is 5.69 Å². The summed E-state index contributed by atoms with van der Waals surface area (Å²) in [5.41, 5.74) is 3.23. The fraction of sp³-hybridized carbons (Fsp3) is 0.176. The minimum absolute atomic E-state index is 0.0502. The lowest BCUT2D eigenvalue weighted by Crippen LogP contribution is -2.23. The summed E-state index contributed by atoms with van der Waals surface area (Å²) in [6, 6.07) is 14.5. The number of aliphatic hydroxyl groups is 1. The molecule has 0 bridgehead atoms. The molecule has 0 aliphatic carbocycles. The van der Waals surface area contributed by atoms with Crippen molar-refractivity contribution in [3.63, 3.8) is 0 Å². The van der Waals surface area contributed by atoms with Gasteiger partial charge in [0.1, 0.15) is 6.04 Å². The highest BCUT2D eigenvalue weighted by Gasteiger charge is 2.17. The largest absolute Gasteiger partial charge is 0.392 e. The Balaban J connectivity index is 1.82. The van der Waals surface area contributed by atoms with Gasteiger partial charge in [-0.2, -0.15) is 0 Å². The van der Waals surface area contributed by atoms with Gasteiger partial charge in [0.2, 0.25) is 5.91 Å². The van der Waals surface area contributed by atoms with Crippen LogP contribution in [0.2, 0.25) is 0 Å². The zero-order valence-corrected chi connectivity index (χ0v) is 12.2. The number of anilines is 1. The molecule has 0 saturated carbocycles. The Kier molecular flexibility index (Phi) is 3.89. The maximum absolute atomic E-state index is 12.4. The number of aliphatic hydroxyl groups excluding tert-OH is 1. The van der Waals surface area contributed by atoms with Crippen LogP contribution >= 0.6 is 0 Å². The molecule has 2 N–H and O–H groups in total. The van der Waals surface area contributed by atoms with Crippen LogP contribution in [-0.2, 0) is 11.4 Å². The van der Waals surface area contributed by atoms with E-state index in [9.17, 15) is 4.79 Å². The number of carbonyl (C=O) groups is 1. The van der Waals surface area contributed by atoms with Gasteiger partial charge < -0.3 is 15.0 Å². The predicted octanol–water partition coefficient (Wildman–Crippen LogP) is 2.73. The molecule has 1 unspecified atom stereocenters. The number of aromatic nitrogens is 2. The van der Waals surface area contributed by atoms with Gasteiger partial charge in [0.05, 0.1) is 24.0 Å². The Morgan fingerprint density at radius 2 is 2.09 bits per heavy atom. The topological polar surface area (TPSA) is 67.2 Å². The second-order valence-electron chi connectivity index (χ2n) is 5.16. The lowest BCUT2D eigenvalue weighted by molar-refractivity contribution is -0.118. The molecule has 0 radical (unpaired) electrons. The van der Waals surface area contributed by atoms with E-state index < -0.39 is 0 Å². The molecule has 1 heterocycles. The van der Waals surface area contributed by atoms with E-state index in [1.54, 1.807) is 24.5 Å². The quantitative estimate of drug-likeness (QED) is 0.777. The first-order valence-corrected chi connectivity index (χ1v) is 7.11. The van der Waals surface area contributed by atoms with Gasteiger partial charge in [-0.05, 0) is 36.8 Å². The summed E-state index contributed by atoms with van der Waals surface area (Å²) in [4.78, 5) is 16.7. The van der Waals surface area contributed by atoms with Crippen LogP contribution in [0.3, 0.4) is 0 Å². The summed E-state index contributed by atoms with van der Waals surface area (Å²) in [5.74, 6) is -0.127. The van der Waals surface area contributed by atoms with Crippen LogP contribution in [0.15, 0.2) is 54.9 Å². The van der Waals surface area contributed by atoms with E-state index >= 15 is 0 Å². The molecule has 5 nitrogen and oxygen atoms in total. The van der Waals surface area contributed by atoms with Gasteiger partial charge in [0.25, 0.3) is 0 Å². The van der Waals surface area contributed by atoms with Crippen molar-refractivity contribution in [2.75, 3.05) is 5.32 Å². The maximum atomic E-state index is 12.4. The first-order valence-electron chi connectivity index (χ1n) is 7.11. The van der Waals surface area contributed by atoms with Gasteiger partial charge in [0.15, 0.2) is 0 Å². The third kappa shape index (κ3) is 2.71. The van der Waals surface area contributed by atoms with Crippen molar-refractivity contribution in [3.05, 3.63) is 60.4 Å². The molecule has 0 saturated heterocycles. The number of imidazole rings is 1. The predicted molar refractivity (Wildman–Crippen MR) is 85.4 cm³/mol. The van der Waals surface area contributed by atoms with Gasteiger partial charge in [0, 0.05) is 5.69 Å². The molecule has 1 aromatic heterocycles. The molecular weight excluding hydrogens is 278 g/mol. The number of hydrogen-bond acceptors (Lipinski definition) is 3. The van der Waals surface area contributed by atoms with Crippen LogP contribution in [0.5, 0.6) is 0 Å². The summed E-state index contributed by atoms with van der Waals surface area (Å²) in [6.07, 6.45) is 1.68. The van der Waals surface area contributed by atoms with Crippen LogP contribution in [0.25, 0.3) is 11.0 Å². The SMILES string of the molecule is CC(C(=O)Nc1cccc(CO)c1)n1cnc2ccccc21. The Morgan fingerprint density at radius 3 is 2.91 bits per heavy atom. The van der Waals surface area contributed by atoms with E-state index in [-0.39, 0.29) is 18.6 Å². The molecule has 22 heavy (non-hydrogen) atoms. The van der Waals surface area contributed by atoms with Crippen molar-refractivity contribution in [1.82, 2.24) is 9.55 Å². The van der Waals surface area contributed by atoms with Gasteiger partial charge in [-0.1, -0.05) is 24.3 Å². The smallest absolute Gasteiger partial charge is 0.247 e. The van der Waals surface area contributed by atoms with E-state index in [4.69, 9.17) is 5.11 Å². The zero-order chi connectivity index (χ0) is 15.5. The lowest BCUT2D eigenvalue weighted by atomic mass is 10.2. The van der Waals surface area contributed by atoms with Crippen LogP contribution in [-0.4, -0.2) is 20.6 Å². The van der Waals surface area contributed by atoms with Crippen LogP contribution in [0.1, 0.15) is 18.5 Å². The summed E-state index contributed by atoms with van der Waals surface area (Å²) in [6.45, 7) is 1.78. The highest BCUT2D eigenvalue weighted by Crippen LogP contribution is 2.19. The second-order valence-corrected chi connectivity index (χ2v) is 5.16. The number of nitrogens with zero attached hydrogens (tertiary/aromatic N) is 2. The molecule has 1 amide bonds. The van der Waals surface area contributed by atoms with E-state index in [2.05, 4.69) is 10.3 Å². The maximum Gasteiger partial charge on any atom is 0.247 e. The standard InChI is InChI=1S/C17H17N3O2/c1-12(20-11-18-15-7-2-3-8-16(15)20)17(22)19-14-6-4-5-13(9-14)10-21/h2-9,11-12,21H,10H2,1H3,(H,19,22). The summed E-state index contributed by atoms with van der Waals surface area (Å²) in [7, 11) is 0. The number of benzene rings is 2. The fourth-order valence-corrected chi connectivity index (χ4v) is 2.41. The van der Waals surface area contributed by atoms with E-state index in [1.807, 2.05) is 41.8 Å². The molecular formula is C17H17N3O2. The van der Waals surface area contributed by atoms with Gasteiger partial charge in [-0.25, -0.2) is 4.98 Å². The highest BCUT2D eigenvalue weighted by atomic mass is 16.3. The molecule has 3 rings (SSSR count). The number of fused-ring (bicyclic) bond motifs is 1. The Labute approximate surface area is 128 Å². The van der Waals surface area contributed by atoms with Gasteiger partial charge in [-0.3, -0.25) is 4.79 Å². The average Bonchev–Trinajstić information content (AvgIpc) is 2.98. The Morgan fingerprint density at radius 1 is 1.27 bits per heavy atom. The Bertz CT molecular complexity index is 810. The number of carbonyl (C=O) groups excluding carboxylic acids is 1. The van der Waals surface area contributed by atoms with Gasteiger partial charge in [-0.15, -0.1) is 0 Å². The monoisotopic (exact) mass is 295 g/mol. The number of hydrogen-bond donors (Lipinski definition) is 2. The zero-order valence-electron chi connectivity index (χ0n) is 12.2. The van der Waals surface area contributed by atoms with E-state index in [1.165, 1.54) is 0 Å². The Hall–Kier alpha value is -2.66. The number of amides is 1. The summed E-state index contributed by atoms with van der Waals surface area (Å²) >= 11 is 0. The van der Waals surface area contributed by atoms with Crippen LogP contribution in [0, 0.1) is 0 Å². The van der Waals surface area contributed by atoms with Crippen molar-refractivity contribution in [3.8, 4) is 0 Å². The third-order valence-corrected chi connectivity index (χ3v) is 3.65. The molecule has 2 aromatic carbocycles. The lowest BCUT2D eigenvalue weighted by Gasteiger charge is -2.15. The molecule has 3 aromatic rings. The van der Waals surface area contributed by atoms with Crippen molar-refractivity contribution in [2.45, 2.75) is 19.6 Å². The fourth-order valence-electron chi connectivity index (χ4n) is 2.41. The molecule has 0 aliphatic rings. The summed E-state index contributed by atoms with van der Waals surface area (Å²) < 4.78 is 1.85. The van der Waals surface area contributed by atoms with E-state index in [0.29, 0.717) is 5.69 Å². The highest BCUT2D eigenvalue weighted by molar-refractivity contribution is 5.94. The minimum atomic E-state index is -0.384. The minimum Gasteiger partial charge on any atom is -0.392 e. The van der Waals surface area contributed by atoms with Crippen molar-refractivity contribution in [1.29, 1.82) is 0 Å². The molecule has 112 valence electrons. The first-order chi connectivity index (χ1) is 10.7. The second kappa shape index (κ2) is 5.99. The number of rotatable bonds is 4. The average molecular weight is 295 g/mol. The molecule has 0 fully saturated rings. The van der Waals surface area contributed by atoms with Crippen molar-refractivity contribution >= 4 is 22.6 Å². The third-order valence-electron chi connectivity index (χ3n) is 3.65. The van der Waals surface area contributed by atoms with E-state index in [0.717, 1.165) is 16.6 Å². The van der Waals surface area contributed by atoms with Crippen molar-refractivity contribution in [2.24, 2.45) is 0 Å². The van der Waals surface area contributed by atoms with Gasteiger partial charge >= 0.3 is 0 Å². The summed E-state index contributed by atoms with van der Waals surface area (Å²) in [5, 5.41) is 12.0. The number of para-hydroxylation sites is 2. The molecule has 0 spiro atoms. The molecule has 5 heteroatoms. The molecule has 1 atom stereocenters. The van der Waals surface area contributed by atoms with Crippen molar-refractivity contribution < 1.29 is 9.90 Å². The molecule has 0 aliphatic heterocycles. The normalized spacial score (nSPS) is 12.3. The van der Waals surface area contributed by atoms with Crippen LogP contribution < -0.4 is 5.32 Å². The number of nitrogens with one attached hydrogen (secondary N) is 1. The first kappa shape index (κ1) is 14.3.